The van der Waals surface area contributed by atoms with Crippen molar-refractivity contribution >= 4 is 11.6 Å². The molecule has 3 heterocycles. The van der Waals surface area contributed by atoms with E-state index in [4.69, 9.17) is 0 Å². The number of fused-ring (bicyclic) bond motifs is 1. The van der Waals surface area contributed by atoms with Crippen molar-refractivity contribution < 1.29 is 13.6 Å². The maximum atomic E-state index is 14.0. The minimum atomic E-state index is -0.945. The van der Waals surface area contributed by atoms with Gasteiger partial charge in [-0.25, -0.2) is 28.7 Å². The molecule has 0 saturated carbocycles. The van der Waals surface area contributed by atoms with E-state index in [0.29, 0.717) is 34.6 Å². The molecule has 32 heavy (non-hydrogen) atoms. The molecule has 1 aliphatic rings. The fourth-order valence-corrected chi connectivity index (χ4v) is 4.05. The number of carbonyl (C=O) groups is 1. The van der Waals surface area contributed by atoms with Crippen molar-refractivity contribution in [1.29, 1.82) is 0 Å². The number of amides is 1. The van der Waals surface area contributed by atoms with Gasteiger partial charge in [0.15, 0.2) is 17.5 Å². The molecular weight excluding hydrogens is 412 g/mol. The molecule has 0 aliphatic carbocycles. The lowest BCUT2D eigenvalue weighted by atomic mass is 9.77. The molecule has 4 aromatic rings. The number of benzene rings is 2. The van der Waals surface area contributed by atoms with Crippen molar-refractivity contribution in [3.05, 3.63) is 90.3 Å². The van der Waals surface area contributed by atoms with Gasteiger partial charge in [-0.3, -0.25) is 4.79 Å². The third-order valence-corrected chi connectivity index (χ3v) is 5.70. The zero-order chi connectivity index (χ0) is 22.3. The highest BCUT2D eigenvalue weighted by Gasteiger charge is 2.44. The molecule has 1 atom stereocenters. The van der Waals surface area contributed by atoms with Gasteiger partial charge in [0, 0.05) is 30.4 Å². The first-order chi connectivity index (χ1) is 15.5. The van der Waals surface area contributed by atoms with E-state index < -0.39 is 17.0 Å². The van der Waals surface area contributed by atoms with Crippen molar-refractivity contribution in [3.63, 3.8) is 0 Å². The minimum absolute atomic E-state index is 0.184. The molecule has 1 amide bonds. The quantitative estimate of drug-likeness (QED) is 0.522. The summed E-state index contributed by atoms with van der Waals surface area (Å²) in [7, 11) is 0. The summed E-state index contributed by atoms with van der Waals surface area (Å²) >= 11 is 0. The first kappa shape index (κ1) is 19.9. The molecule has 1 aliphatic heterocycles. The lowest BCUT2D eigenvalue weighted by molar-refractivity contribution is -0.120. The highest BCUT2D eigenvalue weighted by Crippen LogP contribution is 2.46. The van der Waals surface area contributed by atoms with Crippen LogP contribution in [-0.4, -0.2) is 25.8 Å². The molecule has 1 unspecified atom stereocenters. The molecule has 1 N–H and O–H groups in total. The molecule has 0 spiro atoms. The SMILES string of the molecule is CC1(Cc2cncnc2)C(=O)Nc2c(-c3ncccn3)cc(-c3ccc(F)c(F)c3)cc21. The Hall–Kier alpha value is -4.07. The van der Waals surface area contributed by atoms with E-state index >= 15 is 0 Å². The van der Waals surface area contributed by atoms with Crippen LogP contribution in [0.2, 0.25) is 0 Å². The standard InChI is InChI=1S/C24H17F2N5O/c1-24(10-14-11-27-13-28-12-14)18-8-16(15-3-4-19(25)20(26)9-15)7-17(21(18)31-23(24)32)22-29-5-2-6-30-22/h2-9,11-13H,10H2,1H3,(H,31,32). The van der Waals surface area contributed by atoms with Crippen molar-refractivity contribution in [2.75, 3.05) is 5.32 Å². The molecular formula is C24H17F2N5O. The van der Waals surface area contributed by atoms with Gasteiger partial charge in [0.05, 0.1) is 11.1 Å². The fraction of sp³-hybridized carbons (Fsp3) is 0.125. The average molecular weight is 429 g/mol. The number of hydrogen-bond donors (Lipinski definition) is 1. The second kappa shape index (κ2) is 7.56. The molecule has 8 heteroatoms. The Bertz CT molecular complexity index is 1330. The Morgan fingerprint density at radius 2 is 1.72 bits per heavy atom. The van der Waals surface area contributed by atoms with Crippen molar-refractivity contribution in [2.24, 2.45) is 0 Å². The largest absolute Gasteiger partial charge is 0.324 e. The van der Waals surface area contributed by atoms with Crippen LogP contribution in [0.4, 0.5) is 14.5 Å². The molecule has 0 saturated heterocycles. The van der Waals surface area contributed by atoms with E-state index in [0.717, 1.165) is 23.3 Å². The van der Waals surface area contributed by atoms with Gasteiger partial charge in [-0.2, -0.15) is 0 Å². The van der Waals surface area contributed by atoms with Gasteiger partial charge in [0.2, 0.25) is 5.91 Å². The van der Waals surface area contributed by atoms with Crippen LogP contribution in [-0.2, 0) is 16.6 Å². The zero-order valence-electron chi connectivity index (χ0n) is 17.0. The number of nitrogens with one attached hydrogen (secondary N) is 1. The van der Waals surface area contributed by atoms with Gasteiger partial charge in [0.1, 0.15) is 6.33 Å². The Morgan fingerprint density at radius 3 is 2.44 bits per heavy atom. The minimum Gasteiger partial charge on any atom is -0.324 e. The molecule has 158 valence electrons. The number of rotatable bonds is 4. The van der Waals surface area contributed by atoms with Gasteiger partial charge in [-0.15, -0.1) is 0 Å². The van der Waals surface area contributed by atoms with E-state index in [1.807, 2.05) is 13.0 Å². The van der Waals surface area contributed by atoms with E-state index in [1.165, 1.54) is 12.4 Å². The number of hydrogen-bond acceptors (Lipinski definition) is 5. The zero-order valence-corrected chi connectivity index (χ0v) is 17.0. The second-order valence-corrected chi connectivity index (χ2v) is 7.86. The Balaban J connectivity index is 1.73. The summed E-state index contributed by atoms with van der Waals surface area (Å²) < 4.78 is 27.5. The van der Waals surface area contributed by atoms with Crippen molar-refractivity contribution in [2.45, 2.75) is 18.8 Å². The van der Waals surface area contributed by atoms with Crippen LogP contribution < -0.4 is 5.32 Å². The Kier molecular flexibility index (Phi) is 4.70. The van der Waals surface area contributed by atoms with Crippen LogP contribution in [0.15, 0.2) is 67.5 Å². The monoisotopic (exact) mass is 429 g/mol. The summed E-state index contributed by atoms with van der Waals surface area (Å²) in [6.07, 6.45) is 8.35. The molecule has 0 radical (unpaired) electrons. The van der Waals surface area contributed by atoms with Gasteiger partial charge in [-0.1, -0.05) is 6.07 Å². The number of aromatic nitrogens is 4. The van der Waals surface area contributed by atoms with Crippen LogP contribution >= 0.6 is 0 Å². The normalized spacial score (nSPS) is 17.2. The third kappa shape index (κ3) is 3.30. The molecule has 5 rings (SSSR count). The fourth-order valence-electron chi connectivity index (χ4n) is 4.05. The van der Waals surface area contributed by atoms with Crippen LogP contribution in [0.25, 0.3) is 22.5 Å². The molecule has 6 nitrogen and oxygen atoms in total. The number of anilines is 1. The molecule has 2 aromatic heterocycles. The summed E-state index contributed by atoms with van der Waals surface area (Å²) in [5, 5.41) is 2.98. The van der Waals surface area contributed by atoms with E-state index in [1.54, 1.807) is 36.9 Å². The highest BCUT2D eigenvalue weighted by molar-refractivity contribution is 6.10. The summed E-state index contributed by atoms with van der Waals surface area (Å²) in [4.78, 5) is 29.9. The van der Waals surface area contributed by atoms with Gasteiger partial charge < -0.3 is 5.32 Å². The van der Waals surface area contributed by atoms with E-state index in [-0.39, 0.29) is 5.91 Å². The van der Waals surface area contributed by atoms with Gasteiger partial charge >= 0.3 is 0 Å². The lowest BCUT2D eigenvalue weighted by Crippen LogP contribution is -2.33. The average Bonchev–Trinajstić information content (AvgIpc) is 3.06. The van der Waals surface area contributed by atoms with Crippen LogP contribution in [0.5, 0.6) is 0 Å². The smallest absolute Gasteiger partial charge is 0.235 e. The Labute approximate surface area is 182 Å². The van der Waals surface area contributed by atoms with Gasteiger partial charge in [-0.05, 0) is 65.9 Å². The van der Waals surface area contributed by atoms with Crippen LogP contribution in [0.3, 0.4) is 0 Å². The summed E-state index contributed by atoms with van der Waals surface area (Å²) in [5.74, 6) is -1.64. The summed E-state index contributed by atoms with van der Waals surface area (Å²) in [6.45, 7) is 1.84. The highest BCUT2D eigenvalue weighted by atomic mass is 19.2. The number of halogens is 2. The third-order valence-electron chi connectivity index (χ3n) is 5.70. The van der Waals surface area contributed by atoms with E-state index in [9.17, 15) is 13.6 Å². The molecule has 0 bridgehead atoms. The van der Waals surface area contributed by atoms with Crippen LogP contribution in [0.1, 0.15) is 18.1 Å². The number of nitrogens with zero attached hydrogens (tertiary/aromatic N) is 4. The Morgan fingerprint density at radius 1 is 0.969 bits per heavy atom. The predicted octanol–water partition coefficient (Wildman–Crippen LogP) is 4.33. The van der Waals surface area contributed by atoms with Crippen molar-refractivity contribution in [1.82, 2.24) is 19.9 Å². The van der Waals surface area contributed by atoms with Crippen molar-refractivity contribution in [3.8, 4) is 22.5 Å². The lowest BCUT2D eigenvalue weighted by Gasteiger charge is -2.23. The first-order valence-corrected chi connectivity index (χ1v) is 9.92. The topological polar surface area (TPSA) is 80.7 Å². The van der Waals surface area contributed by atoms with Gasteiger partial charge in [0.25, 0.3) is 0 Å². The molecule has 2 aromatic carbocycles. The van der Waals surface area contributed by atoms with Crippen LogP contribution in [0, 0.1) is 11.6 Å². The maximum absolute atomic E-state index is 14.0. The number of carbonyl (C=O) groups excluding carboxylic acids is 1. The van der Waals surface area contributed by atoms with E-state index in [2.05, 4.69) is 25.3 Å². The first-order valence-electron chi connectivity index (χ1n) is 9.92. The molecule has 0 fully saturated rings. The maximum Gasteiger partial charge on any atom is 0.235 e. The predicted molar refractivity (Wildman–Crippen MR) is 115 cm³/mol. The summed E-state index contributed by atoms with van der Waals surface area (Å²) in [5.41, 5.74) is 2.89. The summed E-state index contributed by atoms with van der Waals surface area (Å²) in [6, 6.07) is 9.03. The second-order valence-electron chi connectivity index (χ2n) is 7.86.